The molecule has 0 spiro atoms. The number of anilines is 1. The number of nitro groups is 1. The van der Waals surface area contributed by atoms with Crippen molar-refractivity contribution in [2.45, 2.75) is 13.8 Å². The van der Waals surface area contributed by atoms with Gasteiger partial charge >= 0.3 is 5.69 Å². The number of nitrogens with zero attached hydrogens (tertiary/aromatic N) is 3. The van der Waals surface area contributed by atoms with Crippen LogP contribution in [-0.4, -0.2) is 30.0 Å². The zero-order chi connectivity index (χ0) is 15.6. The minimum absolute atomic E-state index is 0.0176. The summed E-state index contributed by atoms with van der Waals surface area (Å²) in [5.74, 6) is 0. The molecule has 0 atom stereocenters. The summed E-state index contributed by atoms with van der Waals surface area (Å²) in [6.45, 7) is 5.21. The number of aromatic nitrogens is 1. The first-order valence-electron chi connectivity index (χ1n) is 6.79. The smallest absolute Gasteiger partial charge is 0.311 e. The van der Waals surface area contributed by atoms with Crippen LogP contribution in [0.5, 0.6) is 0 Å². The van der Waals surface area contributed by atoms with Gasteiger partial charge in [0.2, 0.25) is 0 Å². The normalized spacial score (nSPS) is 11.6. The van der Waals surface area contributed by atoms with Crippen molar-refractivity contribution in [3.8, 4) is 0 Å². The molecule has 0 aliphatic rings. The second kappa shape index (κ2) is 5.65. The molecule has 6 heteroatoms. The van der Waals surface area contributed by atoms with E-state index in [-0.39, 0.29) is 16.0 Å². The van der Waals surface area contributed by atoms with E-state index < -0.39 is 0 Å². The van der Waals surface area contributed by atoms with Crippen molar-refractivity contribution in [3.63, 3.8) is 0 Å². The number of rotatable bonds is 5. The fraction of sp³-hybridized carbons (Fsp3) is 0.400. The van der Waals surface area contributed by atoms with E-state index in [0.29, 0.717) is 18.8 Å². The van der Waals surface area contributed by atoms with Crippen LogP contribution >= 0.6 is 0 Å². The van der Waals surface area contributed by atoms with E-state index in [1.807, 2.05) is 50.1 Å². The van der Waals surface area contributed by atoms with E-state index >= 15 is 0 Å². The highest BCUT2D eigenvalue weighted by molar-refractivity contribution is 5.96. The van der Waals surface area contributed by atoms with Crippen molar-refractivity contribution >= 4 is 22.3 Å². The Morgan fingerprint density at radius 2 is 2.05 bits per heavy atom. The zero-order valence-electron chi connectivity index (χ0n) is 12.5. The molecule has 0 unspecified atom stereocenters. The van der Waals surface area contributed by atoms with Crippen molar-refractivity contribution in [3.05, 3.63) is 40.6 Å². The summed E-state index contributed by atoms with van der Waals surface area (Å²) in [5, 5.41) is 12.1. The first-order chi connectivity index (χ1) is 9.85. The maximum atomic E-state index is 11.3. The third-order valence-corrected chi connectivity index (χ3v) is 3.52. The number of pyridine rings is 1. The number of benzene rings is 1. The fourth-order valence-corrected chi connectivity index (χ4v) is 2.44. The Labute approximate surface area is 123 Å². The molecule has 0 saturated heterocycles. The first-order valence-corrected chi connectivity index (χ1v) is 6.79. The van der Waals surface area contributed by atoms with E-state index in [2.05, 4.69) is 4.98 Å². The molecular weight excluding hydrogens is 268 g/mol. The third kappa shape index (κ3) is 3.11. The number of hydrogen-bond acceptors (Lipinski definition) is 5. The van der Waals surface area contributed by atoms with E-state index in [4.69, 9.17) is 5.73 Å². The van der Waals surface area contributed by atoms with Gasteiger partial charge in [0.05, 0.1) is 10.4 Å². The van der Waals surface area contributed by atoms with Gasteiger partial charge in [-0.2, -0.15) is 0 Å². The summed E-state index contributed by atoms with van der Waals surface area (Å²) in [6.07, 6.45) is 1.32. The Balaban J connectivity index is 2.58. The predicted molar refractivity (Wildman–Crippen MR) is 84.5 cm³/mol. The van der Waals surface area contributed by atoms with Crippen LogP contribution in [0.15, 0.2) is 30.5 Å². The highest BCUT2D eigenvalue weighted by atomic mass is 16.6. The zero-order valence-corrected chi connectivity index (χ0v) is 12.5. The van der Waals surface area contributed by atoms with E-state index in [0.717, 1.165) is 10.9 Å². The van der Waals surface area contributed by atoms with E-state index in [1.165, 1.54) is 6.20 Å². The first kappa shape index (κ1) is 15.2. The van der Waals surface area contributed by atoms with Crippen LogP contribution in [-0.2, 0) is 0 Å². The predicted octanol–water partition coefficient (Wildman–Crippen LogP) is 2.56. The molecule has 0 bridgehead atoms. The Bertz CT molecular complexity index is 670. The summed E-state index contributed by atoms with van der Waals surface area (Å²) < 4.78 is 0. The second-order valence-electron chi connectivity index (χ2n) is 5.99. The molecule has 1 aromatic carbocycles. The third-order valence-electron chi connectivity index (χ3n) is 3.52. The van der Waals surface area contributed by atoms with Gasteiger partial charge < -0.3 is 10.6 Å². The molecule has 112 valence electrons. The van der Waals surface area contributed by atoms with Crippen LogP contribution in [0.25, 0.3) is 10.9 Å². The van der Waals surface area contributed by atoms with Gasteiger partial charge in [-0.3, -0.25) is 10.1 Å². The van der Waals surface area contributed by atoms with Crippen molar-refractivity contribution in [1.82, 2.24) is 4.98 Å². The molecule has 0 aliphatic carbocycles. The van der Waals surface area contributed by atoms with Crippen LogP contribution < -0.4 is 10.6 Å². The largest absolute Gasteiger partial charge is 0.368 e. The Morgan fingerprint density at radius 1 is 1.38 bits per heavy atom. The maximum Gasteiger partial charge on any atom is 0.311 e. The topological polar surface area (TPSA) is 85.3 Å². The van der Waals surface area contributed by atoms with Crippen LogP contribution in [0.1, 0.15) is 13.8 Å². The van der Waals surface area contributed by atoms with Crippen molar-refractivity contribution in [2.75, 3.05) is 25.0 Å². The lowest BCUT2D eigenvalue weighted by atomic mass is 9.93. The quantitative estimate of drug-likeness (QED) is 0.675. The summed E-state index contributed by atoms with van der Waals surface area (Å²) in [6, 6.07) is 7.44. The number of hydrogen-bond donors (Lipinski definition) is 1. The number of para-hydroxylation sites is 1. The molecular formula is C15H20N4O2. The van der Waals surface area contributed by atoms with Crippen LogP contribution in [0.3, 0.4) is 0 Å². The molecule has 0 amide bonds. The number of fused-ring (bicyclic) bond motifs is 1. The SMILES string of the molecule is CN(CC(C)(C)CN)c1c([N+](=O)[O-])cnc2ccccc12. The van der Waals surface area contributed by atoms with E-state index in [9.17, 15) is 10.1 Å². The lowest BCUT2D eigenvalue weighted by Gasteiger charge is -2.30. The second-order valence-corrected chi connectivity index (χ2v) is 5.99. The Hall–Kier alpha value is -2.21. The van der Waals surface area contributed by atoms with Gasteiger partial charge in [-0.25, -0.2) is 4.98 Å². The average Bonchev–Trinajstić information content (AvgIpc) is 2.45. The standard InChI is InChI=1S/C15H20N4O2/c1-15(2,9-16)10-18(3)14-11-6-4-5-7-12(11)17-8-13(14)19(20)21/h4-8H,9-10,16H2,1-3H3. The van der Waals surface area contributed by atoms with Gasteiger partial charge in [0.15, 0.2) is 0 Å². The van der Waals surface area contributed by atoms with Gasteiger partial charge in [0, 0.05) is 19.0 Å². The molecule has 1 heterocycles. The molecule has 21 heavy (non-hydrogen) atoms. The lowest BCUT2D eigenvalue weighted by molar-refractivity contribution is -0.384. The minimum Gasteiger partial charge on any atom is -0.368 e. The van der Waals surface area contributed by atoms with Gasteiger partial charge in [0.25, 0.3) is 0 Å². The van der Waals surface area contributed by atoms with Gasteiger partial charge in [0.1, 0.15) is 11.9 Å². The minimum atomic E-state index is -0.388. The number of nitrogens with two attached hydrogens (primary N) is 1. The monoisotopic (exact) mass is 288 g/mol. The molecule has 0 radical (unpaired) electrons. The van der Waals surface area contributed by atoms with Crippen LogP contribution in [0.4, 0.5) is 11.4 Å². The molecule has 2 aromatic rings. The lowest BCUT2D eigenvalue weighted by Crippen LogP contribution is -2.37. The molecule has 1 aromatic heterocycles. The summed E-state index contributed by atoms with van der Waals surface area (Å²) >= 11 is 0. The Kier molecular flexibility index (Phi) is 4.09. The van der Waals surface area contributed by atoms with Crippen molar-refractivity contribution < 1.29 is 4.92 Å². The van der Waals surface area contributed by atoms with Crippen LogP contribution in [0.2, 0.25) is 0 Å². The van der Waals surface area contributed by atoms with Gasteiger partial charge in [-0.1, -0.05) is 32.0 Å². The van der Waals surface area contributed by atoms with Gasteiger partial charge in [-0.05, 0) is 18.0 Å². The molecule has 2 rings (SSSR count). The maximum absolute atomic E-state index is 11.3. The van der Waals surface area contributed by atoms with Gasteiger partial charge in [-0.15, -0.1) is 0 Å². The van der Waals surface area contributed by atoms with Crippen molar-refractivity contribution in [2.24, 2.45) is 11.1 Å². The van der Waals surface area contributed by atoms with Crippen LogP contribution in [0, 0.1) is 15.5 Å². The average molecular weight is 288 g/mol. The Morgan fingerprint density at radius 3 is 2.67 bits per heavy atom. The molecule has 6 nitrogen and oxygen atoms in total. The van der Waals surface area contributed by atoms with Crippen molar-refractivity contribution in [1.29, 1.82) is 0 Å². The molecule has 2 N–H and O–H groups in total. The highest BCUT2D eigenvalue weighted by Gasteiger charge is 2.25. The molecule has 0 aliphatic heterocycles. The molecule has 0 fully saturated rings. The highest BCUT2D eigenvalue weighted by Crippen LogP contribution is 2.35. The fourth-order valence-electron chi connectivity index (χ4n) is 2.44. The summed E-state index contributed by atoms with van der Waals surface area (Å²) in [7, 11) is 1.85. The summed E-state index contributed by atoms with van der Waals surface area (Å²) in [4.78, 5) is 17.0. The summed E-state index contributed by atoms with van der Waals surface area (Å²) in [5.41, 5.74) is 6.99. The van der Waals surface area contributed by atoms with E-state index in [1.54, 1.807) is 0 Å². The molecule has 0 saturated carbocycles.